The van der Waals surface area contributed by atoms with Gasteiger partial charge in [-0.15, -0.1) is 0 Å². The molecule has 0 radical (unpaired) electrons. The van der Waals surface area contributed by atoms with E-state index in [1.807, 2.05) is 38.1 Å². The number of aromatic nitrogens is 2. The molecule has 1 aromatic heterocycles. The Balaban J connectivity index is 1.58. The number of rotatable bonds is 7. The van der Waals surface area contributed by atoms with E-state index < -0.39 is 54.4 Å². The summed E-state index contributed by atoms with van der Waals surface area (Å²) in [6.07, 6.45) is -0.702. The molecule has 1 aliphatic rings. The number of nitrogens with one attached hydrogen (secondary N) is 1. The minimum atomic E-state index is -2.87. The molecule has 1 aliphatic heterocycles. The first-order chi connectivity index (χ1) is 17.9. The van der Waals surface area contributed by atoms with Gasteiger partial charge in [-0.2, -0.15) is 0 Å². The van der Waals surface area contributed by atoms with E-state index in [0.29, 0.717) is 14.7 Å². The zero-order valence-electron chi connectivity index (χ0n) is 22.1. The number of benzene rings is 2. The Bertz CT molecular complexity index is 1440. The second-order valence-corrected chi connectivity index (χ2v) is 25.0. The van der Waals surface area contributed by atoms with Crippen LogP contribution >= 0.6 is 0 Å². The molecule has 0 spiro atoms. The van der Waals surface area contributed by atoms with Gasteiger partial charge in [-0.3, -0.25) is 0 Å². The summed E-state index contributed by atoms with van der Waals surface area (Å²) in [5.41, 5.74) is 1.79. The maximum atomic E-state index is 12.9. The zero-order valence-corrected chi connectivity index (χ0v) is 25.0. The first kappa shape index (κ1) is 27.8. The molecule has 9 nitrogen and oxygen atoms in total. The first-order valence-corrected chi connectivity index (χ1v) is 22.4. The van der Waals surface area contributed by atoms with Crippen molar-refractivity contribution >= 4 is 33.9 Å². The molecule has 10 heteroatoms. The molecule has 3 aromatic rings. The van der Waals surface area contributed by atoms with Gasteiger partial charge in [0.15, 0.2) is 0 Å². The molecule has 0 amide bonds. The summed E-state index contributed by atoms with van der Waals surface area (Å²) in [6, 6.07) is 13.9. The van der Waals surface area contributed by atoms with Crippen molar-refractivity contribution in [2.45, 2.75) is 53.5 Å². The molecule has 200 valence electrons. The number of aromatic amines is 1. The Kier molecular flexibility index (Phi) is 8.27. The maximum absolute atomic E-state index is 12.9. The molecule has 2 heterocycles. The molecule has 0 bridgehead atoms. The van der Waals surface area contributed by atoms with Crippen molar-refractivity contribution in [3.63, 3.8) is 0 Å². The van der Waals surface area contributed by atoms with Crippen LogP contribution in [0.3, 0.4) is 0 Å². The number of aryl methyl sites for hydroxylation is 2. The number of hydrogen-bond acceptors (Lipinski definition) is 7. The third kappa shape index (κ3) is 6.44. The van der Waals surface area contributed by atoms with Gasteiger partial charge >= 0.3 is 206 Å². The van der Waals surface area contributed by atoms with Crippen LogP contribution in [-0.4, -0.2) is 58.7 Å². The number of ether oxygens (including phenoxy) is 3. The summed E-state index contributed by atoms with van der Waals surface area (Å²) < 4.78 is 19.4. The van der Waals surface area contributed by atoms with Crippen LogP contribution in [0, 0.1) is 13.8 Å². The van der Waals surface area contributed by atoms with Crippen molar-refractivity contribution in [2.75, 3.05) is 6.61 Å². The van der Waals surface area contributed by atoms with E-state index in [1.165, 1.54) is 4.57 Å². The Morgan fingerprint density at radius 2 is 1.50 bits per heavy atom. The molecular weight excluding hydrogens is 595 g/mol. The molecule has 4 rings (SSSR count). The van der Waals surface area contributed by atoms with Crippen LogP contribution in [0.5, 0.6) is 0 Å². The Morgan fingerprint density at radius 3 is 2.05 bits per heavy atom. The summed E-state index contributed by atoms with van der Waals surface area (Å²) in [7, 11) is 0. The number of carbonyl (C=O) groups excluding carboxylic acids is 2. The van der Waals surface area contributed by atoms with Crippen molar-refractivity contribution in [1.82, 2.24) is 9.55 Å². The van der Waals surface area contributed by atoms with Gasteiger partial charge in [0.05, 0.1) is 0 Å². The second kappa shape index (κ2) is 11.3. The van der Waals surface area contributed by atoms with Gasteiger partial charge in [0.2, 0.25) is 0 Å². The fourth-order valence-electron chi connectivity index (χ4n) is 4.20. The predicted octanol–water partition coefficient (Wildman–Crippen LogP) is 3.07. The predicted molar refractivity (Wildman–Crippen MR) is 145 cm³/mol. The number of nitrogens with zero attached hydrogens (tertiary/aromatic N) is 1. The van der Waals surface area contributed by atoms with Crippen LogP contribution in [-0.2, 0) is 14.2 Å². The number of esters is 2. The van der Waals surface area contributed by atoms with Crippen LogP contribution in [0.2, 0.25) is 14.8 Å². The molecular formula is C28H32N2O7Sn. The van der Waals surface area contributed by atoms with Gasteiger partial charge in [-0.05, 0) is 13.8 Å². The third-order valence-corrected chi connectivity index (χ3v) is 12.1. The topological polar surface area (TPSA) is 117 Å². The second-order valence-electron chi connectivity index (χ2n) is 10.6. The Hall–Kier alpha value is -3.18. The van der Waals surface area contributed by atoms with E-state index in [2.05, 4.69) is 19.8 Å². The number of hydrogen-bond donors (Lipinski definition) is 1. The van der Waals surface area contributed by atoms with Gasteiger partial charge in [0.1, 0.15) is 0 Å². The fraction of sp³-hybridized carbons (Fsp3) is 0.357. The monoisotopic (exact) mass is 628 g/mol. The fourth-order valence-corrected chi connectivity index (χ4v) is 7.83. The van der Waals surface area contributed by atoms with Crippen molar-refractivity contribution < 1.29 is 23.8 Å². The van der Waals surface area contributed by atoms with Gasteiger partial charge < -0.3 is 0 Å². The van der Waals surface area contributed by atoms with Crippen molar-refractivity contribution in [2.24, 2.45) is 0 Å². The molecule has 0 saturated carbocycles. The van der Waals surface area contributed by atoms with Gasteiger partial charge in [0.25, 0.3) is 0 Å². The summed E-state index contributed by atoms with van der Waals surface area (Å²) >= 11 is -2.87. The Morgan fingerprint density at radius 1 is 0.947 bits per heavy atom. The average molecular weight is 627 g/mol. The standard InChI is InChI=1S/C25H23N2O7.3CH3.Sn/c1-15-3-7-17(8-4-15)23(29)32-14-20-19(34-24(30)18-9-5-16(2)6-10-18)13-22(33-20)27-12-11-21(28)26-25(27)31;;;;/h3-10,12,19-20,22H,13-14H2,1-2H3,(H,26,28,31);3*1H3;/t19-,20+,22+;;;;/m0..../s1. The summed E-state index contributed by atoms with van der Waals surface area (Å²) in [5.74, 6) is -1.08. The quantitative estimate of drug-likeness (QED) is 0.316. The normalized spacial score (nSPS) is 19.2. The first-order valence-electron chi connectivity index (χ1n) is 12.5. The van der Waals surface area contributed by atoms with E-state index >= 15 is 0 Å². The summed E-state index contributed by atoms with van der Waals surface area (Å²) in [6.45, 7) is 3.65. The zero-order chi connectivity index (χ0) is 27.6. The molecule has 2 aromatic carbocycles. The van der Waals surface area contributed by atoms with E-state index in [1.54, 1.807) is 30.5 Å². The molecule has 1 fully saturated rings. The third-order valence-electron chi connectivity index (χ3n) is 6.48. The van der Waals surface area contributed by atoms with Crippen molar-refractivity contribution in [3.8, 4) is 0 Å². The van der Waals surface area contributed by atoms with Gasteiger partial charge in [-0.25, -0.2) is 0 Å². The molecule has 3 atom stereocenters. The Labute approximate surface area is 224 Å². The summed E-state index contributed by atoms with van der Waals surface area (Å²) in [5, 5.41) is 0. The number of H-pyrrole nitrogens is 1. The van der Waals surface area contributed by atoms with Crippen LogP contribution in [0.25, 0.3) is 0 Å². The molecule has 1 saturated heterocycles. The number of carbonyl (C=O) groups is 2. The van der Waals surface area contributed by atoms with Crippen molar-refractivity contribution in [3.05, 3.63) is 97.8 Å². The van der Waals surface area contributed by atoms with E-state index in [9.17, 15) is 19.2 Å². The van der Waals surface area contributed by atoms with Crippen LogP contribution in [0.15, 0.2) is 64.3 Å². The van der Waals surface area contributed by atoms with Gasteiger partial charge in [0, 0.05) is 0 Å². The van der Waals surface area contributed by atoms with Crippen LogP contribution in [0.4, 0.5) is 0 Å². The van der Waals surface area contributed by atoms with Crippen LogP contribution < -0.4 is 14.8 Å². The SMILES string of the molecule is Cc1ccc(C(=O)OC[C@H]2O[C@@H](n3c[c]([Sn]([CH3])([CH3])[CH3])c(=O)[nH]c3=O)C[C@@H]2OC(=O)c2ccc(C)cc2)cc1. The van der Waals surface area contributed by atoms with E-state index in [-0.39, 0.29) is 18.6 Å². The average Bonchev–Trinajstić information content (AvgIpc) is 3.24. The molecule has 0 unspecified atom stereocenters. The van der Waals surface area contributed by atoms with Crippen LogP contribution in [0.1, 0.15) is 44.5 Å². The minimum absolute atomic E-state index is 0.148. The van der Waals surface area contributed by atoms with E-state index in [0.717, 1.165) is 11.1 Å². The van der Waals surface area contributed by atoms with Crippen molar-refractivity contribution in [1.29, 1.82) is 0 Å². The van der Waals surface area contributed by atoms with Gasteiger partial charge in [-0.1, -0.05) is 5.56 Å². The molecule has 38 heavy (non-hydrogen) atoms. The summed E-state index contributed by atoms with van der Waals surface area (Å²) in [4.78, 5) is 59.3. The molecule has 1 N–H and O–H groups in total. The van der Waals surface area contributed by atoms with E-state index in [4.69, 9.17) is 14.2 Å². The molecule has 0 aliphatic carbocycles.